The number of carbonyl (C=O) groups excluding carboxylic acids is 1. The predicted molar refractivity (Wildman–Crippen MR) is 119 cm³/mol. The van der Waals surface area contributed by atoms with E-state index < -0.39 is 0 Å². The molecular weight excluding hydrogens is 384 g/mol. The number of aliphatic imine (C=N–C) groups is 1. The fourth-order valence-corrected chi connectivity index (χ4v) is 4.24. The van der Waals surface area contributed by atoms with E-state index in [4.69, 9.17) is 10.5 Å². The summed E-state index contributed by atoms with van der Waals surface area (Å²) in [7, 11) is 0. The van der Waals surface area contributed by atoms with Crippen LogP contribution in [0.3, 0.4) is 0 Å². The van der Waals surface area contributed by atoms with Gasteiger partial charge in [0.05, 0.1) is 17.2 Å². The Bertz CT molecular complexity index is 1070. The molecule has 4 rings (SSSR count). The quantitative estimate of drug-likeness (QED) is 0.412. The number of H-pyrrole nitrogens is 1. The van der Waals surface area contributed by atoms with Gasteiger partial charge < -0.3 is 20.8 Å². The molecule has 2 aromatic heterocycles. The van der Waals surface area contributed by atoms with Gasteiger partial charge in [0, 0.05) is 28.7 Å². The highest BCUT2D eigenvalue weighted by Gasteiger charge is 2.19. The van der Waals surface area contributed by atoms with E-state index >= 15 is 0 Å². The SMILES string of the molecule is CCOC(=O)NC1CC=C(c2c[nH]c3ccc(N=C(N)c4cccs4)cc23)CC1. The van der Waals surface area contributed by atoms with Gasteiger partial charge in [-0.3, -0.25) is 0 Å². The van der Waals surface area contributed by atoms with E-state index in [2.05, 4.69) is 27.4 Å². The molecule has 4 N–H and O–H groups in total. The van der Waals surface area contributed by atoms with Gasteiger partial charge in [0.15, 0.2) is 0 Å². The van der Waals surface area contributed by atoms with Crippen LogP contribution in [0.15, 0.2) is 53.0 Å². The van der Waals surface area contributed by atoms with Gasteiger partial charge in [0.1, 0.15) is 5.84 Å². The summed E-state index contributed by atoms with van der Waals surface area (Å²) in [4.78, 5) is 20.5. The number of thiophene rings is 1. The first kappa shape index (κ1) is 19.3. The lowest BCUT2D eigenvalue weighted by Gasteiger charge is -2.22. The van der Waals surface area contributed by atoms with E-state index in [0.717, 1.165) is 40.7 Å². The van der Waals surface area contributed by atoms with Crippen molar-refractivity contribution in [2.45, 2.75) is 32.2 Å². The molecule has 1 aliphatic carbocycles. The predicted octanol–water partition coefficient (Wildman–Crippen LogP) is 4.95. The molecule has 6 nitrogen and oxygen atoms in total. The fraction of sp³-hybridized carbons (Fsp3) is 0.273. The maximum atomic E-state index is 11.6. The van der Waals surface area contributed by atoms with Gasteiger partial charge in [0.25, 0.3) is 0 Å². The van der Waals surface area contributed by atoms with Crippen LogP contribution in [0.1, 0.15) is 36.6 Å². The number of benzene rings is 1. The molecule has 1 unspecified atom stereocenters. The third-order valence-corrected chi connectivity index (χ3v) is 5.94. The number of nitrogens with one attached hydrogen (secondary N) is 2. The van der Waals surface area contributed by atoms with Crippen molar-refractivity contribution >= 4 is 45.4 Å². The highest BCUT2D eigenvalue weighted by atomic mass is 32.1. The monoisotopic (exact) mass is 408 g/mol. The van der Waals surface area contributed by atoms with Crippen molar-refractivity contribution in [1.82, 2.24) is 10.3 Å². The summed E-state index contributed by atoms with van der Waals surface area (Å²) in [6.45, 7) is 2.19. The highest BCUT2D eigenvalue weighted by Crippen LogP contribution is 2.34. The minimum absolute atomic E-state index is 0.119. The molecule has 0 radical (unpaired) electrons. The number of ether oxygens (including phenoxy) is 1. The molecule has 0 spiro atoms. The summed E-state index contributed by atoms with van der Waals surface area (Å²) >= 11 is 1.58. The first-order valence-electron chi connectivity index (χ1n) is 9.76. The molecule has 2 heterocycles. The summed E-state index contributed by atoms with van der Waals surface area (Å²) in [5.41, 5.74) is 10.5. The summed E-state index contributed by atoms with van der Waals surface area (Å²) in [5.74, 6) is 0.529. The third-order valence-electron chi connectivity index (χ3n) is 5.04. The number of aromatic amines is 1. The number of hydrogen-bond donors (Lipinski definition) is 3. The van der Waals surface area contributed by atoms with Gasteiger partial charge in [-0.25, -0.2) is 9.79 Å². The zero-order valence-electron chi connectivity index (χ0n) is 16.3. The van der Waals surface area contributed by atoms with Gasteiger partial charge >= 0.3 is 6.09 Å². The molecule has 1 amide bonds. The van der Waals surface area contributed by atoms with Gasteiger partial charge in [0.2, 0.25) is 0 Å². The van der Waals surface area contributed by atoms with Crippen LogP contribution in [0.5, 0.6) is 0 Å². The van der Waals surface area contributed by atoms with Crippen LogP contribution in [0.2, 0.25) is 0 Å². The second-order valence-electron chi connectivity index (χ2n) is 6.97. The van der Waals surface area contributed by atoms with Crippen LogP contribution >= 0.6 is 11.3 Å². The van der Waals surface area contributed by atoms with E-state index in [1.165, 1.54) is 11.1 Å². The Morgan fingerprint density at radius 2 is 2.31 bits per heavy atom. The number of nitrogens with zero attached hydrogens (tertiary/aromatic N) is 1. The summed E-state index contributed by atoms with van der Waals surface area (Å²) in [6.07, 6.45) is 6.50. The van der Waals surface area contributed by atoms with Crippen molar-refractivity contribution in [3.8, 4) is 0 Å². The lowest BCUT2D eigenvalue weighted by molar-refractivity contribution is 0.147. The molecular formula is C22H24N4O2S. The van der Waals surface area contributed by atoms with Crippen molar-refractivity contribution in [3.05, 3.63) is 58.4 Å². The number of allylic oxidation sites excluding steroid dienone is 1. The van der Waals surface area contributed by atoms with E-state index in [9.17, 15) is 4.79 Å². The number of amidine groups is 1. The fourth-order valence-electron chi connectivity index (χ4n) is 3.61. The zero-order valence-corrected chi connectivity index (χ0v) is 17.1. The first-order valence-corrected chi connectivity index (χ1v) is 10.6. The van der Waals surface area contributed by atoms with Gasteiger partial charge in [-0.1, -0.05) is 12.1 Å². The molecule has 0 bridgehead atoms. The Hall–Kier alpha value is -3.06. The van der Waals surface area contributed by atoms with E-state index in [1.807, 2.05) is 42.8 Å². The van der Waals surface area contributed by atoms with E-state index in [-0.39, 0.29) is 12.1 Å². The summed E-state index contributed by atoms with van der Waals surface area (Å²) < 4.78 is 4.98. The van der Waals surface area contributed by atoms with Gasteiger partial charge in [-0.15, -0.1) is 11.3 Å². The lowest BCUT2D eigenvalue weighted by atomic mass is 9.90. The molecule has 0 saturated heterocycles. The van der Waals surface area contributed by atoms with Crippen LogP contribution in [-0.2, 0) is 4.74 Å². The largest absolute Gasteiger partial charge is 0.450 e. The zero-order chi connectivity index (χ0) is 20.2. The van der Waals surface area contributed by atoms with Crippen LogP contribution in [0.25, 0.3) is 16.5 Å². The summed E-state index contributed by atoms with van der Waals surface area (Å²) in [6, 6.07) is 10.1. The maximum Gasteiger partial charge on any atom is 0.407 e. The number of amides is 1. The Labute approximate surface area is 173 Å². The third kappa shape index (κ3) is 4.35. The smallest absolute Gasteiger partial charge is 0.407 e. The Kier molecular flexibility index (Phi) is 5.67. The van der Waals surface area contributed by atoms with E-state index in [0.29, 0.717) is 12.4 Å². The molecule has 1 aliphatic rings. The average Bonchev–Trinajstić information content (AvgIpc) is 3.39. The molecule has 0 fully saturated rings. The van der Waals surface area contributed by atoms with Crippen molar-refractivity contribution < 1.29 is 9.53 Å². The Morgan fingerprint density at radius 1 is 1.41 bits per heavy atom. The number of alkyl carbamates (subject to hydrolysis) is 1. The molecule has 0 aliphatic heterocycles. The molecule has 3 aromatic rings. The van der Waals surface area contributed by atoms with Crippen molar-refractivity contribution in [1.29, 1.82) is 0 Å². The lowest BCUT2D eigenvalue weighted by Crippen LogP contribution is -2.36. The Morgan fingerprint density at radius 3 is 3.03 bits per heavy atom. The van der Waals surface area contributed by atoms with Crippen LogP contribution < -0.4 is 11.1 Å². The van der Waals surface area contributed by atoms with Crippen LogP contribution in [0, 0.1) is 0 Å². The molecule has 1 atom stereocenters. The van der Waals surface area contributed by atoms with Crippen molar-refractivity contribution in [3.63, 3.8) is 0 Å². The highest BCUT2D eigenvalue weighted by molar-refractivity contribution is 7.12. The Balaban J connectivity index is 1.55. The van der Waals surface area contributed by atoms with Crippen molar-refractivity contribution in [2.24, 2.45) is 10.7 Å². The maximum absolute atomic E-state index is 11.6. The minimum Gasteiger partial charge on any atom is -0.450 e. The second kappa shape index (κ2) is 8.53. The molecule has 29 heavy (non-hydrogen) atoms. The van der Waals surface area contributed by atoms with Crippen LogP contribution in [0.4, 0.5) is 10.5 Å². The van der Waals surface area contributed by atoms with Crippen LogP contribution in [-0.4, -0.2) is 29.6 Å². The first-order chi connectivity index (χ1) is 14.1. The van der Waals surface area contributed by atoms with Gasteiger partial charge in [-0.05, 0) is 61.4 Å². The molecule has 7 heteroatoms. The van der Waals surface area contributed by atoms with Crippen molar-refractivity contribution in [2.75, 3.05) is 6.61 Å². The van der Waals surface area contributed by atoms with Gasteiger partial charge in [-0.2, -0.15) is 0 Å². The number of rotatable bonds is 5. The average molecular weight is 409 g/mol. The minimum atomic E-state index is -0.340. The number of hydrogen-bond acceptors (Lipinski definition) is 4. The molecule has 0 saturated carbocycles. The molecule has 150 valence electrons. The second-order valence-corrected chi connectivity index (χ2v) is 7.92. The normalized spacial score (nSPS) is 17.2. The topological polar surface area (TPSA) is 92.5 Å². The summed E-state index contributed by atoms with van der Waals surface area (Å²) in [5, 5.41) is 6.05. The van der Waals surface area contributed by atoms with E-state index in [1.54, 1.807) is 11.3 Å². The standard InChI is InChI=1S/C22H24N4O2S/c1-2-28-22(27)26-15-7-5-14(6-8-15)18-13-24-19-10-9-16(12-17(18)19)25-21(23)20-4-3-11-29-20/h3-5,9-13,15,24H,2,6-8H2,1H3,(H2,23,25)(H,26,27). The molecule has 1 aromatic carbocycles. The number of fused-ring (bicyclic) bond motifs is 1. The number of carbonyl (C=O) groups is 1. The number of aromatic nitrogens is 1. The number of nitrogens with two attached hydrogens (primary N) is 1.